The lowest BCUT2D eigenvalue weighted by Crippen LogP contribution is -2.50. The third-order valence-electron chi connectivity index (χ3n) is 4.92. The molecule has 12 heteroatoms. The summed E-state index contributed by atoms with van der Waals surface area (Å²) < 4.78 is 51.3. The minimum absolute atomic E-state index is 0.115. The number of nitriles is 1. The van der Waals surface area contributed by atoms with Crippen LogP contribution in [0.3, 0.4) is 0 Å². The maximum absolute atomic E-state index is 13.0. The van der Waals surface area contributed by atoms with Gasteiger partial charge in [0.15, 0.2) is 6.61 Å². The van der Waals surface area contributed by atoms with Crippen LogP contribution in [0.4, 0.5) is 23.4 Å². The van der Waals surface area contributed by atoms with Crippen molar-refractivity contribution in [1.29, 1.82) is 5.26 Å². The molecule has 1 atom stereocenters. The number of hydrogen-bond donors (Lipinski definition) is 0. The molecule has 1 fully saturated rings. The third-order valence-corrected chi connectivity index (χ3v) is 5.20. The number of carbonyl (C=O) groups is 1. The molecule has 7 nitrogen and oxygen atoms in total. The monoisotopic (exact) mass is 483 g/mol. The zero-order valence-corrected chi connectivity index (χ0v) is 17.9. The van der Waals surface area contributed by atoms with E-state index >= 15 is 0 Å². The van der Waals surface area contributed by atoms with E-state index in [9.17, 15) is 27.6 Å². The van der Waals surface area contributed by atoms with Gasteiger partial charge in [0.2, 0.25) is 0 Å². The van der Waals surface area contributed by atoms with E-state index < -0.39 is 23.5 Å². The molecule has 1 aromatic carbocycles. The first-order valence-corrected chi connectivity index (χ1v) is 10.1. The third kappa shape index (κ3) is 6.32. The molecular formula is C21H18ClF4N5O2. The molecule has 1 aromatic heterocycles. The first kappa shape index (κ1) is 24.3. The zero-order chi connectivity index (χ0) is 24.0. The molecule has 1 aliphatic heterocycles. The largest absolute Gasteiger partial charge is 0.417 e. The van der Waals surface area contributed by atoms with E-state index in [4.69, 9.17) is 16.4 Å². The molecule has 1 aliphatic rings. The molecule has 33 heavy (non-hydrogen) atoms. The Morgan fingerprint density at radius 3 is 2.52 bits per heavy atom. The summed E-state index contributed by atoms with van der Waals surface area (Å²) in [5.74, 6) is -1.30. The molecule has 0 N–H and O–H groups in total. The molecule has 1 unspecified atom stereocenters. The van der Waals surface area contributed by atoms with Gasteiger partial charge in [-0.1, -0.05) is 28.9 Å². The number of oxime groups is 1. The number of anilines is 1. The van der Waals surface area contributed by atoms with E-state index in [-0.39, 0.29) is 23.4 Å². The lowest BCUT2D eigenvalue weighted by atomic mass is 10.0. The fourth-order valence-corrected chi connectivity index (χ4v) is 3.42. The van der Waals surface area contributed by atoms with E-state index in [1.54, 1.807) is 4.90 Å². The van der Waals surface area contributed by atoms with Crippen molar-refractivity contribution in [3.05, 3.63) is 58.5 Å². The summed E-state index contributed by atoms with van der Waals surface area (Å²) in [5, 5.41) is 12.8. The quantitative estimate of drug-likeness (QED) is 0.354. The summed E-state index contributed by atoms with van der Waals surface area (Å²) >= 11 is 5.98. The summed E-state index contributed by atoms with van der Waals surface area (Å²) in [6, 6.07) is 8.19. The summed E-state index contributed by atoms with van der Waals surface area (Å²) in [5.41, 5.74) is -0.398. The van der Waals surface area contributed by atoms with E-state index in [1.807, 2.05) is 6.07 Å². The van der Waals surface area contributed by atoms with Crippen LogP contribution in [-0.2, 0) is 15.8 Å². The predicted octanol–water partition coefficient (Wildman–Crippen LogP) is 3.85. The number of amides is 1. The van der Waals surface area contributed by atoms with Crippen molar-refractivity contribution in [3.63, 3.8) is 0 Å². The Morgan fingerprint density at radius 1 is 1.27 bits per heavy atom. The highest BCUT2D eigenvalue weighted by molar-refractivity contribution is 6.33. The number of pyridine rings is 1. The zero-order valence-electron chi connectivity index (χ0n) is 17.1. The fraction of sp³-hybridized carbons (Fsp3) is 0.333. The molecule has 0 saturated carbocycles. The molecule has 0 bridgehead atoms. The molecule has 0 aliphatic carbocycles. The van der Waals surface area contributed by atoms with Crippen LogP contribution >= 0.6 is 11.6 Å². The number of halogens is 5. The summed E-state index contributed by atoms with van der Waals surface area (Å²) in [7, 11) is 0. The lowest BCUT2D eigenvalue weighted by Gasteiger charge is -2.35. The first-order valence-electron chi connectivity index (χ1n) is 9.75. The van der Waals surface area contributed by atoms with Gasteiger partial charge in [-0.15, -0.1) is 0 Å². The fourth-order valence-electron chi connectivity index (χ4n) is 3.14. The second kappa shape index (κ2) is 10.5. The lowest BCUT2D eigenvalue weighted by molar-refractivity contribution is -0.138. The van der Waals surface area contributed by atoms with Crippen molar-refractivity contribution >= 4 is 29.5 Å². The number of piperazine rings is 1. The second-order valence-corrected chi connectivity index (χ2v) is 7.49. The number of carbonyl (C=O) groups excluding carboxylic acids is 1. The van der Waals surface area contributed by atoms with Crippen molar-refractivity contribution < 1.29 is 27.2 Å². The van der Waals surface area contributed by atoms with Gasteiger partial charge in [0.25, 0.3) is 5.91 Å². The van der Waals surface area contributed by atoms with Gasteiger partial charge in [0, 0.05) is 32.4 Å². The molecule has 3 rings (SSSR count). The topological polar surface area (TPSA) is 81.8 Å². The Morgan fingerprint density at radius 2 is 1.94 bits per heavy atom. The van der Waals surface area contributed by atoms with Crippen LogP contribution in [0, 0.1) is 17.1 Å². The van der Waals surface area contributed by atoms with Crippen molar-refractivity contribution in [2.45, 2.75) is 12.1 Å². The van der Waals surface area contributed by atoms with Crippen LogP contribution < -0.4 is 4.90 Å². The summed E-state index contributed by atoms with van der Waals surface area (Å²) in [6.45, 7) is 0.891. The van der Waals surface area contributed by atoms with Crippen LogP contribution in [0.2, 0.25) is 5.02 Å². The van der Waals surface area contributed by atoms with Crippen LogP contribution in [0.5, 0.6) is 0 Å². The highest BCUT2D eigenvalue weighted by Gasteiger charge is 2.32. The number of nitrogens with zero attached hydrogens (tertiary/aromatic N) is 5. The number of rotatable bonds is 6. The van der Waals surface area contributed by atoms with Gasteiger partial charge in [-0.3, -0.25) is 4.79 Å². The Bertz CT molecular complexity index is 1050. The normalized spacial score (nSPS) is 15.4. The van der Waals surface area contributed by atoms with Crippen LogP contribution in [0.25, 0.3) is 0 Å². The highest BCUT2D eigenvalue weighted by Crippen LogP contribution is 2.33. The van der Waals surface area contributed by atoms with Crippen molar-refractivity contribution in [1.82, 2.24) is 9.88 Å². The number of alkyl halides is 3. The molecule has 0 spiro atoms. The maximum atomic E-state index is 13.0. The van der Waals surface area contributed by atoms with Crippen LogP contribution in [0.1, 0.15) is 17.0 Å². The summed E-state index contributed by atoms with van der Waals surface area (Å²) in [4.78, 5) is 24.4. The van der Waals surface area contributed by atoms with Crippen molar-refractivity contribution in [2.24, 2.45) is 5.16 Å². The molecule has 1 saturated heterocycles. The van der Waals surface area contributed by atoms with Crippen molar-refractivity contribution in [2.75, 3.05) is 37.7 Å². The predicted molar refractivity (Wildman–Crippen MR) is 112 cm³/mol. The maximum Gasteiger partial charge on any atom is 0.417 e. The minimum Gasteiger partial charge on any atom is -0.386 e. The number of benzene rings is 1. The summed E-state index contributed by atoms with van der Waals surface area (Å²) in [6.07, 6.45) is -2.59. The number of aromatic nitrogens is 1. The average Bonchev–Trinajstić information content (AvgIpc) is 2.79. The molecule has 2 aromatic rings. The van der Waals surface area contributed by atoms with Gasteiger partial charge >= 0.3 is 6.18 Å². The Balaban J connectivity index is 1.48. The van der Waals surface area contributed by atoms with Crippen LogP contribution in [0.15, 0.2) is 41.7 Å². The van der Waals surface area contributed by atoms with E-state index in [0.29, 0.717) is 31.7 Å². The van der Waals surface area contributed by atoms with Gasteiger partial charge in [0.1, 0.15) is 17.6 Å². The van der Waals surface area contributed by atoms with Gasteiger partial charge in [-0.05, 0) is 23.8 Å². The highest BCUT2D eigenvalue weighted by atomic mass is 35.5. The Labute approximate surface area is 191 Å². The number of hydrogen-bond acceptors (Lipinski definition) is 6. The second-order valence-electron chi connectivity index (χ2n) is 7.08. The van der Waals surface area contributed by atoms with Crippen LogP contribution in [-0.4, -0.2) is 54.8 Å². The Hall–Kier alpha value is -3.39. The molecule has 2 heterocycles. The first-order chi connectivity index (χ1) is 15.7. The van der Waals surface area contributed by atoms with Gasteiger partial charge in [-0.2, -0.15) is 18.4 Å². The van der Waals surface area contributed by atoms with Gasteiger partial charge in [0.05, 0.1) is 22.9 Å². The van der Waals surface area contributed by atoms with E-state index in [1.165, 1.54) is 35.4 Å². The molecule has 174 valence electrons. The average molecular weight is 484 g/mol. The van der Waals surface area contributed by atoms with Crippen molar-refractivity contribution in [3.8, 4) is 6.07 Å². The van der Waals surface area contributed by atoms with Gasteiger partial charge < -0.3 is 14.6 Å². The van der Waals surface area contributed by atoms with E-state index in [2.05, 4.69) is 10.1 Å². The standard InChI is InChI=1S/C21H18ClF4N5O2/c22-18-9-16(21(24,25)26)12-28-20(18)31-7-5-30(6-8-31)19(32)13-33-29-11-15(10-27)14-1-3-17(23)4-2-14/h1-4,9,11-12,15H,5-8,13H2/b29-11-. The molecule has 0 radical (unpaired) electrons. The smallest absolute Gasteiger partial charge is 0.386 e. The molecule has 1 amide bonds. The Kier molecular flexibility index (Phi) is 7.71. The SMILES string of the molecule is N#CC(/C=N\OCC(=O)N1CCN(c2ncc(C(F)(F)F)cc2Cl)CC1)c1ccc(F)cc1. The minimum atomic E-state index is -4.53. The molecular weight excluding hydrogens is 466 g/mol. The van der Waals surface area contributed by atoms with E-state index in [0.717, 1.165) is 12.3 Å². The van der Waals surface area contributed by atoms with Gasteiger partial charge in [-0.25, -0.2) is 9.37 Å².